The fraction of sp³-hybridized carbons (Fsp3) is 0.443. The van der Waals surface area contributed by atoms with E-state index in [9.17, 15) is 36.6 Å². The summed E-state index contributed by atoms with van der Waals surface area (Å²) in [6.45, 7) is 6.50. The lowest BCUT2D eigenvalue weighted by Crippen LogP contribution is -2.21. The maximum atomic E-state index is 12.8. The first-order valence-corrected chi connectivity index (χ1v) is 46.3. The van der Waals surface area contributed by atoms with Crippen LogP contribution in [0.25, 0.3) is 0 Å². The second-order valence-electron chi connectivity index (χ2n) is 29.3. The number of nitrogens with one attached hydrogen (secondary N) is 3. The molecule has 37 heteroatoms. The molecule has 5 aliphatic rings. The quantitative estimate of drug-likeness (QED) is 0.0225. The van der Waals surface area contributed by atoms with E-state index in [-0.39, 0.29) is 59.3 Å². The van der Waals surface area contributed by atoms with E-state index in [4.69, 9.17) is 57.6 Å². The Bertz CT molecular complexity index is 5030. The molecule has 1 unspecified atom stereocenters. The van der Waals surface area contributed by atoms with E-state index in [0.717, 1.165) is 105 Å². The van der Waals surface area contributed by atoms with Gasteiger partial charge in [-0.1, -0.05) is 131 Å². The van der Waals surface area contributed by atoms with Crippen molar-refractivity contribution in [2.45, 2.75) is 264 Å². The van der Waals surface area contributed by atoms with E-state index in [2.05, 4.69) is 72.5 Å². The average molecular weight is 1870 g/mol. The third-order valence-electron chi connectivity index (χ3n) is 19.9. The second kappa shape index (κ2) is 51.2. The van der Waals surface area contributed by atoms with Crippen LogP contribution < -0.4 is 28.4 Å². The number of ether oxygens (including phenoxy) is 9. The van der Waals surface area contributed by atoms with Gasteiger partial charge in [-0.15, -0.1) is 35.7 Å². The molecule has 670 valence electrons. The van der Waals surface area contributed by atoms with Gasteiger partial charge in [-0.05, 0) is 258 Å². The molecule has 125 heavy (non-hydrogen) atoms. The zero-order valence-electron chi connectivity index (χ0n) is 69.9. The van der Waals surface area contributed by atoms with Crippen LogP contribution in [0.5, 0.6) is 34.5 Å². The number of esters is 3. The van der Waals surface area contributed by atoms with Gasteiger partial charge in [-0.25, -0.2) is 32.9 Å². The highest BCUT2D eigenvalue weighted by Crippen LogP contribution is 2.38. The van der Waals surface area contributed by atoms with Crippen molar-refractivity contribution in [3.63, 3.8) is 0 Å². The summed E-state index contributed by atoms with van der Waals surface area (Å²) in [5.74, 6) is -0.463. The summed E-state index contributed by atoms with van der Waals surface area (Å²) in [6, 6.07) is 46.4. The number of aliphatic carboxylic acids is 1. The van der Waals surface area contributed by atoms with Crippen LogP contribution in [-0.4, -0.2) is 169 Å². The number of carbonyl (C=O) groups excluding carboxylic acids is 3. The third kappa shape index (κ3) is 32.1. The number of aromatic carboxylic acids is 1. The predicted octanol–water partition coefficient (Wildman–Crippen LogP) is 20.2. The number of carboxylic acid groups (broad SMARTS) is 2. The first-order chi connectivity index (χ1) is 60.6. The fourth-order valence-electron chi connectivity index (χ4n) is 13.8. The summed E-state index contributed by atoms with van der Waals surface area (Å²) < 4.78 is 98.0. The molecule has 29 nitrogen and oxygen atoms in total. The summed E-state index contributed by atoms with van der Waals surface area (Å²) in [6.07, 6.45) is 26.5. The predicted molar refractivity (Wildman–Crippen MR) is 464 cm³/mol. The van der Waals surface area contributed by atoms with E-state index < -0.39 is 46.8 Å². The van der Waals surface area contributed by atoms with Crippen LogP contribution in [0.4, 0.5) is 13.2 Å². The minimum Gasteiger partial charge on any atom is -0.497 e. The number of methoxy groups -OCH3 is 1. The van der Waals surface area contributed by atoms with Crippen LogP contribution in [0.15, 0.2) is 190 Å². The van der Waals surface area contributed by atoms with Gasteiger partial charge >= 0.3 is 36.0 Å². The standard InChI is InChI=1S/C25H29N3O4S.C17H21N3O4S.C17H21N3O3S.C15H17N3O3S.C12H15BrO.C2HF3O2/c1-3-31-25(29)23-24(28(27-26-23)17-18-12-14-19(30-2)15-13-18)33-22-11-7-10-21(16-22)32-20-8-5-4-6-9-20;1-2-23-17(21)15-16(19-20-18-15)25(22)14-10-6-9-13(11-14)24-12-7-4-3-5-8-12;1-2-22-17(21)15-16(19-20-18-15)24-14-10-6-9-13(11-14)23-12-7-4-3-5-8-12;19-15(20)13-14(17-18-16-13)22-12-8-4-7-11(9-12)21-10-5-2-1-3-6-10;13-10-5-4-8-12(9-10)14-11-6-2-1-3-7-11;3-2(4,5)1(6)7/h7,10-16,20H,3-6,8-9,17H2,1-2H3;6,9-12H,2-5,7-8H2,1H3,(H,18,19,20);6,9-12H,2-5,7-8H2,1H3,(H,18,19,20);4,7-10H,1-3,5-6H2,(H,19,20)(H,16,17,18);4-5,8-9,11H,1-3,6-7H2;(H,6,7). The summed E-state index contributed by atoms with van der Waals surface area (Å²) in [7, 11) is -0.0161. The van der Waals surface area contributed by atoms with Gasteiger partial charge in [0.15, 0.2) is 15.1 Å². The first-order valence-electron chi connectivity index (χ1n) is 41.9. The van der Waals surface area contributed by atoms with Gasteiger partial charge in [0.1, 0.15) is 50.3 Å². The number of hydrogen-bond acceptors (Lipinski definition) is 26. The van der Waals surface area contributed by atoms with Crippen LogP contribution >= 0.6 is 51.2 Å². The van der Waals surface area contributed by atoms with Crippen LogP contribution in [0, 0.1) is 0 Å². The van der Waals surface area contributed by atoms with Crippen molar-refractivity contribution in [1.82, 2.24) is 61.2 Å². The lowest BCUT2D eigenvalue weighted by Gasteiger charge is -2.23. The lowest BCUT2D eigenvalue weighted by molar-refractivity contribution is -0.192. The molecule has 0 saturated heterocycles. The van der Waals surface area contributed by atoms with Gasteiger partial charge in [0.2, 0.25) is 22.8 Å². The lowest BCUT2D eigenvalue weighted by atomic mass is 9.98. The van der Waals surface area contributed by atoms with Gasteiger partial charge < -0.3 is 52.8 Å². The molecule has 0 spiro atoms. The number of nitrogens with zero attached hydrogens (tertiary/aromatic N) is 9. The Balaban J connectivity index is 0.000000163. The van der Waals surface area contributed by atoms with E-state index >= 15 is 0 Å². The van der Waals surface area contributed by atoms with Crippen molar-refractivity contribution in [2.24, 2.45) is 0 Å². The Morgan fingerprint density at radius 1 is 0.448 bits per heavy atom. The third-order valence-corrected chi connectivity index (χ3v) is 24.7. The highest BCUT2D eigenvalue weighted by Gasteiger charge is 2.38. The van der Waals surface area contributed by atoms with Crippen molar-refractivity contribution >= 4 is 91.9 Å². The van der Waals surface area contributed by atoms with Crippen LogP contribution in [0.1, 0.15) is 229 Å². The molecule has 5 aliphatic carbocycles. The topological polar surface area (TPSA) is 381 Å². The highest BCUT2D eigenvalue weighted by atomic mass is 79.9. The van der Waals surface area contributed by atoms with Gasteiger partial charge in [-0.2, -0.15) is 28.8 Å². The van der Waals surface area contributed by atoms with Crippen LogP contribution in [0.3, 0.4) is 0 Å². The fourth-order valence-corrected chi connectivity index (χ4v) is 18.0. The van der Waals surface area contributed by atoms with Gasteiger partial charge in [0.05, 0.1) is 64.0 Å². The minimum absolute atomic E-state index is 0.0567. The largest absolute Gasteiger partial charge is 0.497 e. The minimum atomic E-state index is -5.08. The molecule has 0 bridgehead atoms. The molecule has 0 aliphatic heterocycles. The molecule has 0 radical (unpaired) electrons. The zero-order valence-corrected chi connectivity index (χ0v) is 74.8. The Morgan fingerprint density at radius 3 is 1.22 bits per heavy atom. The number of rotatable bonds is 28. The zero-order chi connectivity index (χ0) is 88.7. The molecular weight excluding hydrogens is 1760 g/mol. The molecule has 5 fully saturated rings. The maximum absolute atomic E-state index is 12.8. The number of aromatic nitrogens is 12. The monoisotopic (exact) mass is 1860 g/mol. The summed E-state index contributed by atoms with van der Waals surface area (Å²) in [4.78, 5) is 59.5. The van der Waals surface area contributed by atoms with Crippen LogP contribution in [0.2, 0.25) is 0 Å². The molecular formula is C88H104BrF3N12O17S4. The number of aromatic amines is 3. The van der Waals surface area contributed by atoms with E-state index in [1.807, 2.05) is 127 Å². The van der Waals surface area contributed by atoms with Crippen molar-refractivity contribution < 1.29 is 94.2 Å². The molecule has 4 aromatic heterocycles. The number of hydrogen-bond donors (Lipinski definition) is 5. The van der Waals surface area contributed by atoms with Gasteiger partial charge in [-0.3, -0.25) is 0 Å². The molecule has 1 atom stereocenters. The van der Waals surface area contributed by atoms with Crippen LogP contribution in [-0.2, 0) is 36.3 Å². The van der Waals surface area contributed by atoms with Gasteiger partial charge in [0.25, 0.3) is 0 Å². The Labute approximate surface area is 746 Å². The summed E-state index contributed by atoms with van der Waals surface area (Å²) in [5, 5.41) is 56.4. The first kappa shape index (κ1) is 96.7. The number of H-pyrrole nitrogens is 3. The molecule has 10 aromatic rings. The average Bonchev–Trinajstić information content (AvgIpc) is 1.71. The molecule has 4 heterocycles. The Kier molecular flexibility index (Phi) is 39.6. The number of carboxylic acids is 2. The highest BCUT2D eigenvalue weighted by molar-refractivity contribution is 9.10. The number of halogens is 4. The second-order valence-corrected chi connectivity index (χ2v) is 34.8. The molecule has 0 amide bonds. The smallest absolute Gasteiger partial charge is 0.490 e. The molecule has 5 N–H and O–H groups in total. The number of alkyl halides is 3. The normalized spacial score (nSPS) is 15.3. The van der Waals surface area contributed by atoms with Crippen molar-refractivity contribution in [1.29, 1.82) is 0 Å². The maximum Gasteiger partial charge on any atom is 0.490 e. The van der Waals surface area contributed by atoms with E-state index in [1.165, 1.54) is 144 Å². The Hall–Kier alpha value is -10.5. The SMILES string of the molecule is Brc1cccc(OC2CCCCC2)c1.CCOC(=O)c1n[nH]nc1S(=O)c1cccc(OC2CCCCC2)c1.CCOC(=O)c1n[nH]nc1Sc1cccc(OC2CCCCC2)c1.CCOC(=O)c1nnn(Cc2ccc(OC)cc2)c1Sc1cccc(OC2CCCCC2)c1.O=C(O)C(F)(F)F.O=C(O)c1n[nH]nc1Sc1cccc(OC2CCCCC2)c1. The summed E-state index contributed by atoms with van der Waals surface area (Å²) >= 11 is 7.51. The van der Waals surface area contributed by atoms with E-state index in [1.54, 1.807) is 50.8 Å². The van der Waals surface area contributed by atoms with Crippen molar-refractivity contribution in [3.05, 3.63) is 178 Å². The Morgan fingerprint density at radius 2 is 0.808 bits per heavy atom. The molecule has 6 aromatic carbocycles. The molecule has 5 saturated carbocycles. The van der Waals surface area contributed by atoms with Crippen molar-refractivity contribution in [3.8, 4) is 34.5 Å². The number of benzene rings is 6. The van der Waals surface area contributed by atoms with Gasteiger partial charge in [0, 0.05) is 24.1 Å². The summed E-state index contributed by atoms with van der Waals surface area (Å²) in [5.41, 5.74) is 1.32. The van der Waals surface area contributed by atoms with Crippen molar-refractivity contribution in [2.75, 3.05) is 26.9 Å². The number of carbonyl (C=O) groups is 5. The van der Waals surface area contributed by atoms with E-state index in [0.29, 0.717) is 51.1 Å². The molecule has 15 rings (SSSR count).